The molecule has 12 nitrogen and oxygen atoms in total. The van der Waals surface area contributed by atoms with Crippen LogP contribution in [0.25, 0.3) is 0 Å². The van der Waals surface area contributed by atoms with E-state index in [9.17, 15) is 28.8 Å². The zero-order valence-electron chi connectivity index (χ0n) is 14.3. The molecule has 0 aliphatic heterocycles. The van der Waals surface area contributed by atoms with Crippen molar-refractivity contribution < 1.29 is 28.8 Å². The van der Waals surface area contributed by atoms with Crippen molar-refractivity contribution in [2.45, 2.75) is 51.4 Å². The molecule has 0 bridgehead atoms. The Morgan fingerprint density at radius 2 is 0.808 bits per heavy atom. The highest BCUT2D eigenvalue weighted by Crippen LogP contribution is 2.08. The third-order valence-electron chi connectivity index (χ3n) is 3.04. The number of urea groups is 4. The number of rotatable bonds is 9. The number of hydrogen-bond acceptors (Lipinski definition) is 6. The molecule has 0 rings (SSSR count). The van der Waals surface area contributed by atoms with Gasteiger partial charge < -0.3 is 11.5 Å². The Morgan fingerprint density at radius 3 is 1.12 bits per heavy atom. The number of hydrogen-bond donors (Lipinski definition) is 6. The van der Waals surface area contributed by atoms with E-state index in [4.69, 9.17) is 11.5 Å². The van der Waals surface area contributed by atoms with Gasteiger partial charge in [0.2, 0.25) is 11.8 Å². The Hall–Kier alpha value is -3.18. The second kappa shape index (κ2) is 13.1. The fraction of sp³-hybridized carbons (Fsp3) is 0.571. The molecular formula is C14H24N6O6. The normalized spacial score (nSPS) is 9.69. The molecule has 0 aliphatic carbocycles. The summed E-state index contributed by atoms with van der Waals surface area (Å²) in [7, 11) is 0. The topological polar surface area (TPSA) is 203 Å². The van der Waals surface area contributed by atoms with Crippen molar-refractivity contribution in [1.29, 1.82) is 0 Å². The van der Waals surface area contributed by atoms with Gasteiger partial charge in [-0.05, 0) is 12.8 Å². The summed E-state index contributed by atoms with van der Waals surface area (Å²) < 4.78 is 0. The number of nitrogens with one attached hydrogen (secondary N) is 4. The first-order valence-corrected chi connectivity index (χ1v) is 8.01. The summed E-state index contributed by atoms with van der Waals surface area (Å²) in [5.74, 6) is -1.01. The van der Waals surface area contributed by atoms with Crippen LogP contribution >= 0.6 is 0 Å². The Bertz CT molecular complexity index is 502. The Kier molecular flexibility index (Phi) is 11.5. The van der Waals surface area contributed by atoms with Crippen LogP contribution in [0.3, 0.4) is 0 Å². The molecule has 0 fully saturated rings. The highest BCUT2D eigenvalue weighted by molar-refractivity contribution is 6.01. The van der Waals surface area contributed by atoms with Crippen LogP contribution < -0.4 is 32.7 Å². The lowest BCUT2D eigenvalue weighted by Gasteiger charge is -2.05. The Balaban J connectivity index is 3.56. The lowest BCUT2D eigenvalue weighted by molar-refractivity contribution is -0.121. The predicted octanol–water partition coefficient (Wildman–Crippen LogP) is -0.0838. The minimum Gasteiger partial charge on any atom is -0.351 e. The van der Waals surface area contributed by atoms with Crippen LogP contribution in [-0.4, -0.2) is 35.9 Å². The van der Waals surface area contributed by atoms with Gasteiger partial charge in [-0.1, -0.05) is 25.7 Å². The van der Waals surface area contributed by atoms with Crippen molar-refractivity contribution in [2.75, 3.05) is 0 Å². The maximum atomic E-state index is 11.4. The Labute approximate surface area is 149 Å². The van der Waals surface area contributed by atoms with Crippen molar-refractivity contribution in [2.24, 2.45) is 11.5 Å². The van der Waals surface area contributed by atoms with E-state index in [2.05, 4.69) is 0 Å². The number of imide groups is 4. The monoisotopic (exact) mass is 372 g/mol. The molecule has 0 saturated heterocycles. The van der Waals surface area contributed by atoms with E-state index in [-0.39, 0.29) is 12.8 Å². The second-order valence-electron chi connectivity index (χ2n) is 5.35. The van der Waals surface area contributed by atoms with E-state index >= 15 is 0 Å². The predicted molar refractivity (Wildman–Crippen MR) is 89.5 cm³/mol. The summed E-state index contributed by atoms with van der Waals surface area (Å²) in [4.78, 5) is 65.6. The molecule has 0 atom stereocenters. The fourth-order valence-electron chi connectivity index (χ4n) is 1.94. The van der Waals surface area contributed by atoms with Gasteiger partial charge in [-0.25, -0.2) is 19.2 Å². The molecule has 26 heavy (non-hydrogen) atoms. The first-order chi connectivity index (χ1) is 12.2. The van der Waals surface area contributed by atoms with Crippen LogP contribution in [0.15, 0.2) is 0 Å². The van der Waals surface area contributed by atoms with E-state index in [1.54, 1.807) is 10.6 Å². The number of unbranched alkanes of at least 4 members (excludes halogenated alkanes) is 5. The minimum atomic E-state index is -1.04. The van der Waals surface area contributed by atoms with E-state index in [1.165, 1.54) is 0 Å². The van der Waals surface area contributed by atoms with Crippen molar-refractivity contribution in [3.8, 4) is 0 Å². The van der Waals surface area contributed by atoms with Crippen molar-refractivity contribution >= 4 is 35.9 Å². The summed E-state index contributed by atoms with van der Waals surface area (Å²) in [6.45, 7) is 0. The number of amides is 10. The zero-order chi connectivity index (χ0) is 19.9. The molecule has 0 aromatic rings. The highest BCUT2D eigenvalue weighted by Gasteiger charge is 2.09. The molecule has 0 aromatic heterocycles. The molecule has 0 spiro atoms. The standard InChI is InChI=1S/C14H24N6O6/c15-11(23)19-13(25)17-9(21)7-5-3-1-2-4-6-8-10(22)18-14(26)20-12(16)24/h1-8H2,(H4,15,17,19,21,23,25)(H4,16,18,20,22,24,26). The van der Waals surface area contributed by atoms with Crippen LogP contribution in [-0.2, 0) is 9.59 Å². The number of primary amides is 2. The lowest BCUT2D eigenvalue weighted by Crippen LogP contribution is -2.44. The fourth-order valence-corrected chi connectivity index (χ4v) is 1.94. The quantitative estimate of drug-likeness (QED) is 0.305. The summed E-state index contributed by atoms with van der Waals surface area (Å²) in [6.07, 6.45) is 4.63. The molecule has 12 heteroatoms. The van der Waals surface area contributed by atoms with Crippen LogP contribution in [0, 0.1) is 0 Å². The van der Waals surface area contributed by atoms with Crippen LogP contribution in [0.2, 0.25) is 0 Å². The van der Waals surface area contributed by atoms with E-state index < -0.39 is 35.9 Å². The molecule has 10 amide bonds. The van der Waals surface area contributed by atoms with Gasteiger partial charge in [0, 0.05) is 12.8 Å². The molecule has 0 radical (unpaired) electrons. The van der Waals surface area contributed by atoms with Gasteiger partial charge in [-0.15, -0.1) is 0 Å². The third kappa shape index (κ3) is 14.4. The summed E-state index contributed by atoms with van der Waals surface area (Å²) in [5, 5.41) is 7.36. The summed E-state index contributed by atoms with van der Waals surface area (Å²) >= 11 is 0. The molecule has 8 N–H and O–H groups in total. The van der Waals surface area contributed by atoms with Gasteiger partial charge >= 0.3 is 24.1 Å². The van der Waals surface area contributed by atoms with Gasteiger partial charge in [0.25, 0.3) is 0 Å². The summed E-state index contributed by atoms with van der Waals surface area (Å²) in [6, 6.07) is -3.99. The largest absolute Gasteiger partial charge is 0.351 e. The van der Waals surface area contributed by atoms with E-state index in [1.807, 2.05) is 10.6 Å². The van der Waals surface area contributed by atoms with Crippen LogP contribution in [0.4, 0.5) is 19.2 Å². The summed E-state index contributed by atoms with van der Waals surface area (Å²) in [5.41, 5.74) is 9.45. The van der Waals surface area contributed by atoms with Gasteiger partial charge in [0.05, 0.1) is 0 Å². The average Bonchev–Trinajstić information content (AvgIpc) is 2.47. The van der Waals surface area contributed by atoms with Gasteiger partial charge in [-0.3, -0.25) is 30.9 Å². The average molecular weight is 372 g/mol. The highest BCUT2D eigenvalue weighted by atomic mass is 16.2. The van der Waals surface area contributed by atoms with Crippen molar-refractivity contribution in [3.63, 3.8) is 0 Å². The molecule has 0 saturated carbocycles. The van der Waals surface area contributed by atoms with Crippen LogP contribution in [0.1, 0.15) is 51.4 Å². The van der Waals surface area contributed by atoms with E-state index in [0.717, 1.165) is 25.7 Å². The molecule has 0 heterocycles. The van der Waals surface area contributed by atoms with Crippen molar-refractivity contribution in [1.82, 2.24) is 21.3 Å². The number of nitrogens with two attached hydrogens (primary N) is 2. The van der Waals surface area contributed by atoms with Gasteiger partial charge in [0.15, 0.2) is 0 Å². The number of carbonyl (C=O) groups excluding carboxylic acids is 6. The first-order valence-electron chi connectivity index (χ1n) is 8.01. The minimum absolute atomic E-state index is 0.142. The molecule has 0 aliphatic rings. The third-order valence-corrected chi connectivity index (χ3v) is 3.04. The first kappa shape index (κ1) is 22.8. The molecular weight excluding hydrogens is 348 g/mol. The van der Waals surface area contributed by atoms with Crippen molar-refractivity contribution in [3.05, 3.63) is 0 Å². The maximum absolute atomic E-state index is 11.4. The smallest absolute Gasteiger partial charge is 0.329 e. The number of carbonyl (C=O) groups is 6. The molecule has 0 unspecified atom stereocenters. The second-order valence-corrected chi connectivity index (χ2v) is 5.35. The Morgan fingerprint density at radius 1 is 0.500 bits per heavy atom. The van der Waals surface area contributed by atoms with Crippen LogP contribution in [0.5, 0.6) is 0 Å². The maximum Gasteiger partial charge on any atom is 0.329 e. The SMILES string of the molecule is NC(=O)NC(=O)NC(=O)CCCCCCCCC(=O)NC(=O)NC(N)=O. The molecule has 0 aromatic carbocycles. The van der Waals surface area contributed by atoms with E-state index in [0.29, 0.717) is 12.8 Å². The van der Waals surface area contributed by atoms with Gasteiger partial charge in [0.1, 0.15) is 0 Å². The van der Waals surface area contributed by atoms with Gasteiger partial charge in [-0.2, -0.15) is 0 Å². The lowest BCUT2D eigenvalue weighted by atomic mass is 10.1. The zero-order valence-corrected chi connectivity index (χ0v) is 14.3. The molecule has 146 valence electrons.